The normalized spacial score (nSPS) is 17.3. The Morgan fingerprint density at radius 1 is 1.33 bits per heavy atom. The fourth-order valence-electron chi connectivity index (χ4n) is 2.55. The van der Waals surface area contributed by atoms with Crippen molar-refractivity contribution in [3.63, 3.8) is 0 Å². The van der Waals surface area contributed by atoms with E-state index in [1.807, 2.05) is 17.5 Å². The minimum Gasteiger partial charge on any atom is -0.346 e. The fourth-order valence-corrected chi connectivity index (χ4v) is 3.19. The Bertz CT molecular complexity index is 343. The fraction of sp³-hybridized carbons (Fsp3) is 0.643. The van der Waals surface area contributed by atoms with E-state index >= 15 is 0 Å². The lowest BCUT2D eigenvalue weighted by atomic mass is 10.1. The van der Waals surface area contributed by atoms with Crippen LogP contribution in [0.4, 0.5) is 0 Å². The van der Waals surface area contributed by atoms with Crippen molar-refractivity contribution in [2.45, 2.75) is 44.6 Å². The summed E-state index contributed by atoms with van der Waals surface area (Å²) in [5, 5.41) is 7.33. The summed E-state index contributed by atoms with van der Waals surface area (Å²) >= 11 is 1.50. The summed E-state index contributed by atoms with van der Waals surface area (Å²) < 4.78 is 0. The summed E-state index contributed by atoms with van der Waals surface area (Å²) in [6.07, 6.45) is 8.25. The van der Waals surface area contributed by atoms with E-state index in [0.717, 1.165) is 24.0 Å². The first-order valence-electron chi connectivity index (χ1n) is 7.01. The molecule has 1 aromatic heterocycles. The molecule has 4 heteroatoms. The predicted molar refractivity (Wildman–Crippen MR) is 74.9 cm³/mol. The Hall–Kier alpha value is -0.870. The molecule has 1 aliphatic rings. The Labute approximate surface area is 113 Å². The molecule has 1 fully saturated rings. The Morgan fingerprint density at radius 3 is 2.78 bits per heavy atom. The molecule has 1 aromatic rings. The van der Waals surface area contributed by atoms with Gasteiger partial charge in [-0.15, -0.1) is 11.3 Å². The topological polar surface area (TPSA) is 45.7 Å². The van der Waals surface area contributed by atoms with Gasteiger partial charge < -0.3 is 10.6 Å². The number of rotatable bonds is 5. The third-order valence-corrected chi connectivity index (χ3v) is 4.44. The van der Waals surface area contributed by atoms with Crippen molar-refractivity contribution in [2.24, 2.45) is 0 Å². The van der Waals surface area contributed by atoms with Crippen molar-refractivity contribution in [3.05, 3.63) is 22.4 Å². The lowest BCUT2D eigenvalue weighted by Gasteiger charge is -2.12. The van der Waals surface area contributed by atoms with Gasteiger partial charge in [0.25, 0.3) is 5.91 Å². The van der Waals surface area contributed by atoms with Gasteiger partial charge in [0.15, 0.2) is 0 Å². The van der Waals surface area contributed by atoms with Crippen LogP contribution in [0.1, 0.15) is 48.2 Å². The molecule has 2 rings (SSSR count). The number of thiophene rings is 1. The highest BCUT2D eigenvalue weighted by Gasteiger charge is 2.14. The molecule has 100 valence electrons. The van der Waals surface area contributed by atoms with Crippen LogP contribution in [0.2, 0.25) is 0 Å². The maximum atomic E-state index is 11.7. The van der Waals surface area contributed by atoms with Crippen molar-refractivity contribution in [1.82, 2.24) is 5.32 Å². The quantitative estimate of drug-likeness (QED) is 0.620. The summed E-state index contributed by atoms with van der Waals surface area (Å²) in [7, 11) is 0. The molecule has 1 aliphatic carbocycles. The molecule has 18 heavy (non-hydrogen) atoms. The lowest BCUT2D eigenvalue weighted by molar-refractivity contribution is -0.688. The van der Waals surface area contributed by atoms with Crippen molar-refractivity contribution in [2.75, 3.05) is 13.1 Å². The molecule has 3 N–H and O–H groups in total. The number of nitrogens with one attached hydrogen (secondary N) is 1. The minimum absolute atomic E-state index is 0.0688. The zero-order chi connectivity index (χ0) is 12.6. The average Bonchev–Trinajstić information content (AvgIpc) is 2.80. The van der Waals surface area contributed by atoms with E-state index in [4.69, 9.17) is 0 Å². The first kappa shape index (κ1) is 13.6. The monoisotopic (exact) mass is 267 g/mol. The van der Waals surface area contributed by atoms with E-state index in [1.165, 1.54) is 49.9 Å². The largest absolute Gasteiger partial charge is 0.346 e. The third-order valence-electron chi connectivity index (χ3n) is 3.57. The lowest BCUT2D eigenvalue weighted by Crippen LogP contribution is -2.91. The van der Waals surface area contributed by atoms with E-state index in [-0.39, 0.29) is 5.91 Å². The van der Waals surface area contributed by atoms with Gasteiger partial charge in [0.2, 0.25) is 0 Å². The van der Waals surface area contributed by atoms with Crippen LogP contribution in [-0.2, 0) is 0 Å². The van der Waals surface area contributed by atoms with Gasteiger partial charge >= 0.3 is 0 Å². The third kappa shape index (κ3) is 4.42. The first-order chi connectivity index (χ1) is 8.86. The van der Waals surface area contributed by atoms with Crippen LogP contribution in [0.3, 0.4) is 0 Å². The summed E-state index contributed by atoms with van der Waals surface area (Å²) in [6, 6.07) is 4.57. The van der Waals surface area contributed by atoms with Crippen molar-refractivity contribution in [3.8, 4) is 0 Å². The van der Waals surface area contributed by atoms with E-state index in [0.29, 0.717) is 0 Å². The molecule has 0 aliphatic heterocycles. The smallest absolute Gasteiger partial charge is 0.261 e. The Morgan fingerprint density at radius 2 is 2.11 bits per heavy atom. The van der Waals surface area contributed by atoms with Gasteiger partial charge in [-0.2, -0.15) is 0 Å². The molecule has 0 saturated heterocycles. The SMILES string of the molecule is O=C(NCC[NH2+]C1CCCCCC1)c1cccs1. The second kappa shape index (κ2) is 7.54. The van der Waals surface area contributed by atoms with Gasteiger partial charge in [-0.3, -0.25) is 4.79 Å². The number of nitrogens with two attached hydrogens (primary N) is 1. The summed E-state index contributed by atoms with van der Waals surface area (Å²) in [4.78, 5) is 12.5. The molecular formula is C14H23N2OS+. The number of carbonyl (C=O) groups is 1. The highest BCUT2D eigenvalue weighted by molar-refractivity contribution is 7.12. The highest BCUT2D eigenvalue weighted by Crippen LogP contribution is 2.14. The molecule has 0 radical (unpaired) electrons. The predicted octanol–water partition coefficient (Wildman–Crippen LogP) is 1.76. The van der Waals surface area contributed by atoms with Gasteiger partial charge in [0.1, 0.15) is 0 Å². The standard InChI is InChI=1S/C14H22N2OS/c17-14(13-8-5-11-18-13)16-10-9-15-12-6-3-1-2-4-7-12/h5,8,11-12,15H,1-4,6-7,9-10H2,(H,16,17)/p+1. The number of amides is 1. The van der Waals surface area contributed by atoms with Gasteiger partial charge in [0, 0.05) is 0 Å². The molecule has 0 spiro atoms. The van der Waals surface area contributed by atoms with Gasteiger partial charge in [-0.05, 0) is 37.1 Å². The maximum Gasteiger partial charge on any atom is 0.261 e. The van der Waals surface area contributed by atoms with E-state index in [9.17, 15) is 4.79 Å². The molecule has 0 aromatic carbocycles. The first-order valence-corrected chi connectivity index (χ1v) is 7.89. The summed E-state index contributed by atoms with van der Waals surface area (Å²) in [5.41, 5.74) is 0. The number of hydrogen-bond acceptors (Lipinski definition) is 2. The second-order valence-electron chi connectivity index (χ2n) is 5.01. The van der Waals surface area contributed by atoms with Crippen molar-refractivity contribution in [1.29, 1.82) is 0 Å². The summed E-state index contributed by atoms with van der Waals surface area (Å²) in [6.45, 7) is 1.77. The van der Waals surface area contributed by atoms with Crippen LogP contribution in [0.25, 0.3) is 0 Å². The van der Waals surface area contributed by atoms with Crippen LogP contribution in [0.5, 0.6) is 0 Å². The molecule has 1 amide bonds. The van der Waals surface area contributed by atoms with Crippen LogP contribution in [0.15, 0.2) is 17.5 Å². The zero-order valence-corrected chi connectivity index (χ0v) is 11.7. The molecular weight excluding hydrogens is 244 g/mol. The molecule has 0 atom stereocenters. The molecule has 0 unspecified atom stereocenters. The van der Waals surface area contributed by atoms with Crippen LogP contribution < -0.4 is 10.6 Å². The van der Waals surface area contributed by atoms with E-state index in [1.54, 1.807) is 0 Å². The van der Waals surface area contributed by atoms with Crippen molar-refractivity contribution < 1.29 is 10.1 Å². The van der Waals surface area contributed by atoms with Gasteiger partial charge in [-0.25, -0.2) is 0 Å². The molecule has 3 nitrogen and oxygen atoms in total. The molecule has 1 heterocycles. The zero-order valence-electron chi connectivity index (χ0n) is 10.9. The van der Waals surface area contributed by atoms with E-state index < -0.39 is 0 Å². The Kier molecular flexibility index (Phi) is 5.68. The maximum absolute atomic E-state index is 11.7. The van der Waals surface area contributed by atoms with Gasteiger partial charge in [-0.1, -0.05) is 18.9 Å². The number of quaternary nitrogens is 1. The molecule has 0 bridgehead atoms. The number of hydrogen-bond donors (Lipinski definition) is 2. The van der Waals surface area contributed by atoms with Gasteiger partial charge in [0.05, 0.1) is 24.0 Å². The molecule has 1 saturated carbocycles. The van der Waals surface area contributed by atoms with Crippen molar-refractivity contribution >= 4 is 17.2 Å². The average molecular weight is 267 g/mol. The minimum atomic E-state index is 0.0688. The van der Waals surface area contributed by atoms with Crippen LogP contribution in [0, 0.1) is 0 Å². The highest BCUT2D eigenvalue weighted by atomic mass is 32.1. The summed E-state index contributed by atoms with van der Waals surface area (Å²) in [5.74, 6) is 0.0688. The number of carbonyl (C=O) groups excluding carboxylic acids is 1. The van der Waals surface area contributed by atoms with Crippen LogP contribution in [-0.4, -0.2) is 25.0 Å². The van der Waals surface area contributed by atoms with E-state index in [2.05, 4.69) is 10.6 Å². The Balaban J connectivity index is 1.59. The second-order valence-corrected chi connectivity index (χ2v) is 5.96. The van der Waals surface area contributed by atoms with Crippen LogP contribution >= 0.6 is 11.3 Å².